The Morgan fingerprint density at radius 3 is 3.06 bits per heavy atom. The lowest BCUT2D eigenvalue weighted by Gasteiger charge is -2.09. The van der Waals surface area contributed by atoms with Crippen LogP contribution < -0.4 is 11.1 Å². The molecule has 90 valence electrons. The average molecular weight is 256 g/mol. The molecular weight excluding hydrogens is 244 g/mol. The highest BCUT2D eigenvalue weighted by Crippen LogP contribution is 2.30. The van der Waals surface area contributed by atoms with Gasteiger partial charge in [0, 0.05) is 18.9 Å². The van der Waals surface area contributed by atoms with E-state index in [2.05, 4.69) is 15.3 Å². The van der Waals surface area contributed by atoms with Gasteiger partial charge in [0.05, 0.1) is 21.6 Å². The van der Waals surface area contributed by atoms with Crippen LogP contribution >= 0.6 is 11.3 Å². The third kappa shape index (κ3) is 2.00. The normalized spacial score (nSPS) is 10.7. The van der Waals surface area contributed by atoms with Gasteiger partial charge in [0.25, 0.3) is 0 Å². The molecule has 18 heavy (non-hydrogen) atoms. The van der Waals surface area contributed by atoms with Crippen molar-refractivity contribution in [3.63, 3.8) is 0 Å². The van der Waals surface area contributed by atoms with Crippen LogP contribution in [0.1, 0.15) is 5.56 Å². The Balaban J connectivity index is 1.84. The minimum absolute atomic E-state index is 0.702. The second kappa shape index (κ2) is 4.62. The smallest absolute Gasteiger partial charge is 0.106 e. The summed E-state index contributed by atoms with van der Waals surface area (Å²) in [5.41, 5.74) is 11.5. The summed E-state index contributed by atoms with van der Waals surface area (Å²) in [5.74, 6) is 0. The van der Waals surface area contributed by atoms with Crippen LogP contribution in [0.3, 0.4) is 0 Å². The molecule has 0 saturated heterocycles. The molecule has 0 aliphatic heterocycles. The summed E-state index contributed by atoms with van der Waals surface area (Å²) in [7, 11) is 0. The lowest BCUT2D eigenvalue weighted by atomic mass is 10.2. The van der Waals surface area contributed by atoms with Crippen LogP contribution in [0.5, 0.6) is 0 Å². The van der Waals surface area contributed by atoms with Crippen molar-refractivity contribution in [3.8, 4) is 0 Å². The second-order valence-electron chi connectivity index (χ2n) is 3.94. The SMILES string of the molecule is Nc1c(NCc2cccnc2)ccc2scnc12. The Hall–Kier alpha value is -2.14. The first-order chi connectivity index (χ1) is 8.84. The molecule has 0 spiro atoms. The molecule has 0 atom stereocenters. The molecule has 0 bridgehead atoms. The molecule has 0 amide bonds. The summed E-state index contributed by atoms with van der Waals surface area (Å²) in [6, 6.07) is 7.97. The van der Waals surface area contributed by atoms with Crippen LogP contribution in [0.15, 0.2) is 42.2 Å². The van der Waals surface area contributed by atoms with Gasteiger partial charge in [0.1, 0.15) is 5.52 Å². The van der Waals surface area contributed by atoms with Crippen molar-refractivity contribution in [2.45, 2.75) is 6.54 Å². The fourth-order valence-electron chi connectivity index (χ4n) is 1.81. The average Bonchev–Trinajstić information content (AvgIpc) is 2.88. The van der Waals surface area contributed by atoms with Gasteiger partial charge in [-0.1, -0.05) is 6.07 Å². The van der Waals surface area contributed by atoms with Gasteiger partial charge < -0.3 is 11.1 Å². The van der Waals surface area contributed by atoms with Crippen molar-refractivity contribution in [3.05, 3.63) is 47.7 Å². The number of pyridine rings is 1. The molecule has 3 rings (SSSR count). The second-order valence-corrected chi connectivity index (χ2v) is 4.83. The molecule has 0 aliphatic carbocycles. The van der Waals surface area contributed by atoms with Crippen LogP contribution in [0, 0.1) is 0 Å². The van der Waals surface area contributed by atoms with Gasteiger partial charge in [-0.25, -0.2) is 4.98 Å². The largest absolute Gasteiger partial charge is 0.395 e. The summed E-state index contributed by atoms with van der Waals surface area (Å²) >= 11 is 1.60. The maximum atomic E-state index is 6.09. The Morgan fingerprint density at radius 2 is 2.22 bits per heavy atom. The number of anilines is 2. The molecule has 0 unspecified atom stereocenters. The molecule has 4 nitrogen and oxygen atoms in total. The number of aromatic nitrogens is 2. The Kier molecular flexibility index (Phi) is 2.82. The van der Waals surface area contributed by atoms with Crippen molar-refractivity contribution in [1.29, 1.82) is 0 Å². The van der Waals surface area contributed by atoms with Crippen molar-refractivity contribution in [1.82, 2.24) is 9.97 Å². The number of nitrogen functional groups attached to an aromatic ring is 1. The summed E-state index contributed by atoms with van der Waals surface area (Å²) in [4.78, 5) is 8.35. The number of nitrogens with one attached hydrogen (secondary N) is 1. The van der Waals surface area contributed by atoms with Gasteiger partial charge in [-0.15, -0.1) is 11.3 Å². The lowest BCUT2D eigenvalue weighted by Crippen LogP contribution is -2.02. The Labute approximate surface area is 109 Å². The van der Waals surface area contributed by atoms with Gasteiger partial charge in [0.15, 0.2) is 0 Å². The number of nitrogens with zero attached hydrogens (tertiary/aromatic N) is 2. The van der Waals surface area contributed by atoms with E-state index in [1.807, 2.05) is 36.0 Å². The molecule has 3 aromatic rings. The van der Waals surface area contributed by atoms with E-state index in [9.17, 15) is 0 Å². The summed E-state index contributed by atoms with van der Waals surface area (Å²) < 4.78 is 1.11. The molecule has 2 heterocycles. The number of rotatable bonds is 3. The van der Waals surface area contributed by atoms with Crippen LogP contribution in [-0.2, 0) is 6.54 Å². The first kappa shape index (κ1) is 11.0. The van der Waals surface area contributed by atoms with Gasteiger partial charge in [-0.2, -0.15) is 0 Å². The van der Waals surface area contributed by atoms with E-state index in [1.54, 1.807) is 17.5 Å². The third-order valence-electron chi connectivity index (χ3n) is 2.75. The van der Waals surface area contributed by atoms with E-state index < -0.39 is 0 Å². The highest BCUT2D eigenvalue weighted by molar-refractivity contribution is 7.16. The van der Waals surface area contributed by atoms with Crippen LogP contribution in [0.2, 0.25) is 0 Å². The van der Waals surface area contributed by atoms with E-state index in [0.717, 1.165) is 21.5 Å². The van der Waals surface area contributed by atoms with Crippen LogP contribution in [0.25, 0.3) is 10.2 Å². The first-order valence-corrected chi connectivity index (χ1v) is 6.47. The fourth-order valence-corrected chi connectivity index (χ4v) is 2.50. The van der Waals surface area contributed by atoms with E-state index >= 15 is 0 Å². The van der Waals surface area contributed by atoms with Gasteiger partial charge in [0.2, 0.25) is 0 Å². The highest BCUT2D eigenvalue weighted by atomic mass is 32.1. The fraction of sp³-hybridized carbons (Fsp3) is 0.0769. The van der Waals surface area contributed by atoms with E-state index in [1.165, 1.54) is 0 Å². The van der Waals surface area contributed by atoms with Crippen LogP contribution in [-0.4, -0.2) is 9.97 Å². The van der Waals surface area contributed by atoms with E-state index in [0.29, 0.717) is 12.2 Å². The minimum Gasteiger partial charge on any atom is -0.395 e. The zero-order chi connectivity index (χ0) is 12.4. The first-order valence-electron chi connectivity index (χ1n) is 5.59. The van der Waals surface area contributed by atoms with Crippen molar-refractivity contribution in [2.75, 3.05) is 11.1 Å². The molecule has 0 radical (unpaired) electrons. The molecule has 0 aliphatic rings. The molecule has 1 aromatic carbocycles. The third-order valence-corrected chi connectivity index (χ3v) is 3.54. The summed E-state index contributed by atoms with van der Waals surface area (Å²) in [5, 5.41) is 3.31. The quantitative estimate of drug-likeness (QED) is 0.707. The molecule has 2 aromatic heterocycles. The predicted molar refractivity (Wildman–Crippen MR) is 75.6 cm³/mol. The maximum absolute atomic E-state index is 6.09. The number of benzene rings is 1. The van der Waals surface area contributed by atoms with Gasteiger partial charge in [-0.3, -0.25) is 4.98 Å². The molecule has 3 N–H and O–H groups in total. The van der Waals surface area contributed by atoms with E-state index in [4.69, 9.17) is 5.73 Å². The molecule has 0 fully saturated rings. The van der Waals surface area contributed by atoms with Crippen molar-refractivity contribution < 1.29 is 0 Å². The number of hydrogen-bond acceptors (Lipinski definition) is 5. The summed E-state index contributed by atoms with van der Waals surface area (Å²) in [6.07, 6.45) is 3.60. The minimum atomic E-state index is 0.702. The predicted octanol–water partition coefficient (Wildman–Crippen LogP) is 2.89. The number of thiazole rings is 1. The summed E-state index contributed by atoms with van der Waals surface area (Å²) in [6.45, 7) is 0.702. The number of hydrogen-bond donors (Lipinski definition) is 2. The number of nitrogens with two attached hydrogens (primary N) is 1. The number of fused-ring (bicyclic) bond motifs is 1. The zero-order valence-corrected chi connectivity index (χ0v) is 10.4. The van der Waals surface area contributed by atoms with Crippen molar-refractivity contribution in [2.24, 2.45) is 0 Å². The van der Waals surface area contributed by atoms with Crippen LogP contribution in [0.4, 0.5) is 11.4 Å². The topological polar surface area (TPSA) is 63.8 Å². The zero-order valence-electron chi connectivity index (χ0n) is 9.63. The van der Waals surface area contributed by atoms with Gasteiger partial charge in [-0.05, 0) is 23.8 Å². The molecule has 0 saturated carbocycles. The standard InChI is InChI=1S/C13H12N4S/c14-12-10(3-4-11-13(12)17-8-18-11)16-7-9-2-1-5-15-6-9/h1-6,8,16H,7,14H2. The maximum Gasteiger partial charge on any atom is 0.106 e. The highest BCUT2D eigenvalue weighted by Gasteiger charge is 2.06. The van der Waals surface area contributed by atoms with Gasteiger partial charge >= 0.3 is 0 Å². The Morgan fingerprint density at radius 1 is 1.28 bits per heavy atom. The van der Waals surface area contributed by atoms with Crippen molar-refractivity contribution >= 4 is 32.9 Å². The van der Waals surface area contributed by atoms with E-state index in [-0.39, 0.29) is 0 Å². The Bertz CT molecular complexity index is 663. The molecule has 5 heteroatoms. The monoisotopic (exact) mass is 256 g/mol. The molecular formula is C13H12N4S. The lowest BCUT2D eigenvalue weighted by molar-refractivity contribution is 1.11.